The van der Waals surface area contributed by atoms with Gasteiger partial charge in [0.25, 0.3) is 15.9 Å². The van der Waals surface area contributed by atoms with E-state index in [0.29, 0.717) is 5.69 Å². The number of benzene rings is 3. The summed E-state index contributed by atoms with van der Waals surface area (Å²) in [5.74, 6) is -0.544. The Morgan fingerprint density at radius 2 is 1.52 bits per heavy atom. The van der Waals surface area contributed by atoms with Crippen LogP contribution in [0.3, 0.4) is 0 Å². The molecular weight excluding hydrogens is 386 g/mol. The van der Waals surface area contributed by atoms with Crippen molar-refractivity contribution in [3.05, 3.63) is 96.1 Å². The van der Waals surface area contributed by atoms with E-state index in [-0.39, 0.29) is 4.90 Å². The van der Waals surface area contributed by atoms with E-state index < -0.39 is 22.5 Å². The summed E-state index contributed by atoms with van der Waals surface area (Å²) in [5, 5.41) is 3.91. The first-order valence-corrected chi connectivity index (χ1v) is 10.4. The summed E-state index contributed by atoms with van der Waals surface area (Å²) >= 11 is 0. The Bertz CT molecular complexity index is 1080. The molecular formula is C22H21N3O3S. The predicted octanol–water partition coefficient (Wildman–Crippen LogP) is 3.34. The van der Waals surface area contributed by atoms with Crippen molar-refractivity contribution < 1.29 is 13.2 Å². The molecule has 148 valence electrons. The van der Waals surface area contributed by atoms with E-state index in [1.165, 1.54) is 18.3 Å². The van der Waals surface area contributed by atoms with Crippen LogP contribution in [0.1, 0.15) is 11.1 Å². The lowest BCUT2D eigenvalue weighted by Crippen LogP contribution is -2.39. The number of nitrogens with one attached hydrogen (secondary N) is 1. The number of nitrogens with zero attached hydrogens (tertiary/aromatic N) is 2. The molecule has 0 radical (unpaired) electrons. The Morgan fingerprint density at radius 3 is 2.14 bits per heavy atom. The van der Waals surface area contributed by atoms with E-state index in [4.69, 9.17) is 0 Å². The van der Waals surface area contributed by atoms with E-state index in [2.05, 4.69) is 10.5 Å². The molecule has 0 fully saturated rings. The molecule has 3 aromatic carbocycles. The lowest BCUT2D eigenvalue weighted by Gasteiger charge is -2.23. The summed E-state index contributed by atoms with van der Waals surface area (Å²) in [6.07, 6.45) is 1.50. The number of carbonyl (C=O) groups is 1. The summed E-state index contributed by atoms with van der Waals surface area (Å²) < 4.78 is 27.4. The maximum absolute atomic E-state index is 13.2. The van der Waals surface area contributed by atoms with Crippen LogP contribution in [0.2, 0.25) is 0 Å². The van der Waals surface area contributed by atoms with Crippen molar-refractivity contribution in [2.75, 3.05) is 10.8 Å². The molecule has 7 heteroatoms. The molecule has 6 nitrogen and oxygen atoms in total. The molecule has 0 saturated heterocycles. The van der Waals surface area contributed by atoms with Crippen molar-refractivity contribution in [1.29, 1.82) is 0 Å². The first-order valence-electron chi connectivity index (χ1n) is 8.98. The molecule has 0 spiro atoms. The van der Waals surface area contributed by atoms with Crippen LogP contribution < -0.4 is 9.73 Å². The van der Waals surface area contributed by atoms with Gasteiger partial charge in [-0.3, -0.25) is 9.10 Å². The van der Waals surface area contributed by atoms with E-state index in [9.17, 15) is 13.2 Å². The predicted molar refractivity (Wildman–Crippen MR) is 114 cm³/mol. The van der Waals surface area contributed by atoms with Crippen molar-refractivity contribution in [1.82, 2.24) is 5.43 Å². The van der Waals surface area contributed by atoms with Gasteiger partial charge in [0.2, 0.25) is 0 Å². The highest BCUT2D eigenvalue weighted by atomic mass is 32.2. The Morgan fingerprint density at radius 1 is 0.931 bits per heavy atom. The van der Waals surface area contributed by atoms with Gasteiger partial charge in [-0.1, -0.05) is 66.2 Å². The second kappa shape index (κ2) is 9.16. The van der Waals surface area contributed by atoms with Crippen LogP contribution in [0.15, 0.2) is 94.9 Å². The lowest BCUT2D eigenvalue weighted by atomic mass is 10.2. The van der Waals surface area contributed by atoms with Crippen LogP contribution in [0.4, 0.5) is 5.69 Å². The van der Waals surface area contributed by atoms with Gasteiger partial charge in [-0.2, -0.15) is 5.10 Å². The minimum Gasteiger partial charge on any atom is -0.271 e. The van der Waals surface area contributed by atoms with Gasteiger partial charge in [-0.05, 0) is 36.8 Å². The van der Waals surface area contributed by atoms with Crippen LogP contribution in [-0.2, 0) is 14.8 Å². The SMILES string of the molecule is Cc1ccc(N(CC(=O)N/N=C/c2ccccc2)S(=O)(=O)c2ccccc2)cc1. The van der Waals surface area contributed by atoms with Crippen molar-refractivity contribution in [2.45, 2.75) is 11.8 Å². The zero-order valence-corrected chi connectivity index (χ0v) is 16.7. The third-order valence-electron chi connectivity index (χ3n) is 4.14. The third kappa shape index (κ3) is 5.30. The number of hydrogen-bond acceptors (Lipinski definition) is 4. The lowest BCUT2D eigenvalue weighted by molar-refractivity contribution is -0.119. The minimum absolute atomic E-state index is 0.112. The number of rotatable bonds is 7. The Labute approximate surface area is 170 Å². The summed E-state index contributed by atoms with van der Waals surface area (Å²) in [7, 11) is -3.92. The molecule has 0 aromatic heterocycles. The number of amides is 1. The van der Waals surface area contributed by atoms with Crippen LogP contribution in [0.25, 0.3) is 0 Å². The van der Waals surface area contributed by atoms with Crippen molar-refractivity contribution in [3.63, 3.8) is 0 Å². The van der Waals surface area contributed by atoms with Crippen LogP contribution in [-0.4, -0.2) is 27.1 Å². The monoisotopic (exact) mass is 407 g/mol. The topological polar surface area (TPSA) is 78.8 Å². The van der Waals surface area contributed by atoms with Crippen LogP contribution >= 0.6 is 0 Å². The molecule has 0 bridgehead atoms. The van der Waals surface area contributed by atoms with E-state index in [1.807, 2.05) is 37.3 Å². The smallest absolute Gasteiger partial charge is 0.264 e. The fourth-order valence-corrected chi connectivity index (χ4v) is 4.07. The number of anilines is 1. The minimum atomic E-state index is -3.92. The molecule has 29 heavy (non-hydrogen) atoms. The first kappa shape index (κ1) is 20.3. The molecule has 3 rings (SSSR count). The summed E-state index contributed by atoms with van der Waals surface area (Å²) in [6.45, 7) is 1.51. The normalized spacial score (nSPS) is 11.3. The molecule has 0 aliphatic carbocycles. The highest BCUT2D eigenvalue weighted by molar-refractivity contribution is 7.92. The van der Waals surface area contributed by atoms with Gasteiger partial charge < -0.3 is 0 Å². The number of aryl methyl sites for hydroxylation is 1. The largest absolute Gasteiger partial charge is 0.271 e. The molecule has 0 aliphatic heterocycles. The molecule has 1 N–H and O–H groups in total. The fraction of sp³-hybridized carbons (Fsp3) is 0.0909. The first-order chi connectivity index (χ1) is 14.0. The van der Waals surface area contributed by atoms with Gasteiger partial charge in [-0.25, -0.2) is 13.8 Å². The Balaban J connectivity index is 1.83. The highest BCUT2D eigenvalue weighted by Gasteiger charge is 2.26. The van der Waals surface area contributed by atoms with Gasteiger partial charge in [0.15, 0.2) is 0 Å². The molecule has 1 amide bonds. The van der Waals surface area contributed by atoms with Crippen molar-refractivity contribution >= 4 is 27.8 Å². The zero-order chi connectivity index (χ0) is 20.7. The Hall–Kier alpha value is -3.45. The number of hydrazone groups is 1. The molecule has 0 saturated carbocycles. The Kier molecular flexibility index (Phi) is 6.41. The van der Waals surface area contributed by atoms with E-state index >= 15 is 0 Å². The molecule has 3 aromatic rings. The van der Waals surface area contributed by atoms with Gasteiger partial charge in [0.1, 0.15) is 6.54 Å². The van der Waals surface area contributed by atoms with Gasteiger partial charge in [-0.15, -0.1) is 0 Å². The third-order valence-corrected chi connectivity index (χ3v) is 5.93. The summed E-state index contributed by atoms with van der Waals surface area (Å²) in [6, 6.07) is 24.3. The molecule has 0 unspecified atom stereocenters. The zero-order valence-electron chi connectivity index (χ0n) is 15.9. The summed E-state index contributed by atoms with van der Waals surface area (Å²) in [5.41, 5.74) is 4.60. The standard InChI is InChI=1S/C22H21N3O3S/c1-18-12-14-20(15-13-18)25(29(27,28)21-10-6-3-7-11-21)17-22(26)24-23-16-19-8-4-2-5-9-19/h2-16H,17H2,1H3,(H,24,26)/b23-16+. The van der Waals surface area contributed by atoms with Gasteiger partial charge in [0, 0.05) is 0 Å². The average Bonchev–Trinajstić information content (AvgIpc) is 2.74. The molecule has 0 heterocycles. The van der Waals surface area contributed by atoms with Gasteiger partial charge in [0.05, 0.1) is 16.8 Å². The fourth-order valence-electron chi connectivity index (χ4n) is 2.63. The van der Waals surface area contributed by atoms with Gasteiger partial charge >= 0.3 is 0 Å². The summed E-state index contributed by atoms with van der Waals surface area (Å²) in [4.78, 5) is 12.5. The molecule has 0 aliphatic rings. The maximum atomic E-state index is 13.2. The second-order valence-electron chi connectivity index (χ2n) is 6.36. The van der Waals surface area contributed by atoms with Crippen molar-refractivity contribution in [2.24, 2.45) is 5.10 Å². The van der Waals surface area contributed by atoms with Crippen LogP contribution in [0, 0.1) is 6.92 Å². The van der Waals surface area contributed by atoms with Crippen molar-refractivity contribution in [3.8, 4) is 0 Å². The number of hydrogen-bond donors (Lipinski definition) is 1. The van der Waals surface area contributed by atoms with E-state index in [1.54, 1.807) is 42.5 Å². The maximum Gasteiger partial charge on any atom is 0.264 e. The van der Waals surface area contributed by atoms with Crippen LogP contribution in [0.5, 0.6) is 0 Å². The van der Waals surface area contributed by atoms with E-state index in [0.717, 1.165) is 15.4 Å². The molecule has 0 atom stereocenters. The highest BCUT2D eigenvalue weighted by Crippen LogP contribution is 2.23. The number of sulfonamides is 1. The average molecular weight is 407 g/mol. The second-order valence-corrected chi connectivity index (χ2v) is 8.23. The quantitative estimate of drug-likeness (QED) is 0.482. The number of carbonyl (C=O) groups excluding carboxylic acids is 1.